The SMILES string of the molecule is CCC(=O)NC(c1cn(C(CC)C(=O)Nc2ccc(COC(=O)N3CCN(c4ccc(C=O)cc4F)CC3)cc2)nn1)C(C)C. The zero-order valence-corrected chi connectivity index (χ0v) is 26.0. The van der Waals surface area contributed by atoms with E-state index in [2.05, 4.69) is 20.9 Å². The highest BCUT2D eigenvalue weighted by Crippen LogP contribution is 2.24. The first-order valence-corrected chi connectivity index (χ1v) is 15.2. The number of rotatable bonds is 12. The second-order valence-corrected chi connectivity index (χ2v) is 11.2. The number of ether oxygens (including phenoxy) is 1. The van der Waals surface area contributed by atoms with Gasteiger partial charge in [-0.1, -0.05) is 45.0 Å². The molecule has 2 aromatic carbocycles. The van der Waals surface area contributed by atoms with Crippen molar-refractivity contribution in [3.8, 4) is 0 Å². The van der Waals surface area contributed by atoms with E-state index in [1.165, 1.54) is 10.7 Å². The molecule has 3 amide bonds. The average molecular weight is 622 g/mol. The van der Waals surface area contributed by atoms with Crippen molar-refractivity contribution in [2.24, 2.45) is 5.92 Å². The molecule has 0 saturated carbocycles. The summed E-state index contributed by atoms with van der Waals surface area (Å²) in [7, 11) is 0. The summed E-state index contributed by atoms with van der Waals surface area (Å²) in [5.41, 5.74) is 2.59. The zero-order valence-electron chi connectivity index (χ0n) is 26.0. The fourth-order valence-corrected chi connectivity index (χ4v) is 5.06. The van der Waals surface area contributed by atoms with Gasteiger partial charge in [-0.05, 0) is 48.2 Å². The molecule has 1 aliphatic rings. The molecular weight excluding hydrogens is 581 g/mol. The molecule has 2 N–H and O–H groups in total. The Morgan fingerprint density at radius 2 is 1.76 bits per heavy atom. The van der Waals surface area contributed by atoms with Crippen molar-refractivity contribution >= 4 is 35.6 Å². The van der Waals surface area contributed by atoms with Crippen LogP contribution in [0.2, 0.25) is 0 Å². The fraction of sp³-hybridized carbons (Fsp3) is 0.438. The number of hydrogen-bond acceptors (Lipinski definition) is 8. The van der Waals surface area contributed by atoms with Crippen LogP contribution in [0.25, 0.3) is 0 Å². The van der Waals surface area contributed by atoms with E-state index in [1.54, 1.807) is 54.4 Å². The van der Waals surface area contributed by atoms with Gasteiger partial charge in [0.25, 0.3) is 0 Å². The second-order valence-electron chi connectivity index (χ2n) is 11.2. The van der Waals surface area contributed by atoms with Crippen molar-refractivity contribution in [1.82, 2.24) is 25.2 Å². The van der Waals surface area contributed by atoms with Crippen LogP contribution in [0.5, 0.6) is 0 Å². The van der Waals surface area contributed by atoms with Crippen molar-refractivity contribution in [2.75, 3.05) is 36.4 Å². The largest absolute Gasteiger partial charge is 0.445 e. The minimum absolute atomic E-state index is 0.0555. The molecule has 3 aromatic rings. The number of piperazine rings is 1. The van der Waals surface area contributed by atoms with Crippen LogP contribution in [0.3, 0.4) is 0 Å². The molecule has 0 aliphatic carbocycles. The van der Waals surface area contributed by atoms with E-state index in [1.807, 2.05) is 25.7 Å². The summed E-state index contributed by atoms with van der Waals surface area (Å²) in [6.07, 6.45) is 2.68. The molecule has 1 fully saturated rings. The lowest BCUT2D eigenvalue weighted by atomic mass is 10.0. The Balaban J connectivity index is 1.27. The van der Waals surface area contributed by atoms with E-state index in [0.29, 0.717) is 62.4 Å². The molecule has 13 heteroatoms. The summed E-state index contributed by atoms with van der Waals surface area (Å²) in [4.78, 5) is 52.0. The average Bonchev–Trinajstić information content (AvgIpc) is 3.52. The highest BCUT2D eigenvalue weighted by atomic mass is 19.1. The van der Waals surface area contributed by atoms with Gasteiger partial charge in [0.15, 0.2) is 0 Å². The summed E-state index contributed by atoms with van der Waals surface area (Å²) < 4.78 is 21.4. The van der Waals surface area contributed by atoms with E-state index < -0.39 is 18.0 Å². The topological polar surface area (TPSA) is 139 Å². The molecule has 2 unspecified atom stereocenters. The van der Waals surface area contributed by atoms with Crippen LogP contribution in [0.1, 0.15) is 74.2 Å². The number of nitrogens with zero attached hydrogens (tertiary/aromatic N) is 5. The number of hydrogen-bond donors (Lipinski definition) is 2. The Hall–Kier alpha value is -4.81. The zero-order chi connectivity index (χ0) is 32.5. The Morgan fingerprint density at radius 1 is 1.04 bits per heavy atom. The number of benzene rings is 2. The maximum absolute atomic E-state index is 14.4. The first-order chi connectivity index (χ1) is 21.6. The van der Waals surface area contributed by atoms with Crippen LogP contribution in [-0.2, 0) is 20.9 Å². The minimum atomic E-state index is -0.603. The number of aromatic nitrogens is 3. The maximum Gasteiger partial charge on any atom is 0.410 e. The number of aldehydes is 1. The summed E-state index contributed by atoms with van der Waals surface area (Å²) in [6, 6.07) is 10.4. The van der Waals surface area contributed by atoms with Gasteiger partial charge in [0, 0.05) is 43.9 Å². The minimum Gasteiger partial charge on any atom is -0.445 e. The van der Waals surface area contributed by atoms with Gasteiger partial charge in [-0.3, -0.25) is 14.4 Å². The van der Waals surface area contributed by atoms with Crippen LogP contribution in [-0.4, -0.2) is 70.3 Å². The lowest BCUT2D eigenvalue weighted by molar-refractivity contribution is -0.122. The Bertz CT molecular complexity index is 1490. The van der Waals surface area contributed by atoms with Gasteiger partial charge in [-0.25, -0.2) is 13.9 Å². The van der Waals surface area contributed by atoms with E-state index in [0.717, 1.165) is 5.56 Å². The number of carbonyl (C=O) groups is 4. The molecule has 0 radical (unpaired) electrons. The summed E-state index contributed by atoms with van der Waals surface area (Å²) in [6.45, 7) is 9.30. The highest BCUT2D eigenvalue weighted by Gasteiger charge is 2.26. The van der Waals surface area contributed by atoms with E-state index in [-0.39, 0.29) is 35.9 Å². The fourth-order valence-electron chi connectivity index (χ4n) is 5.06. The predicted molar refractivity (Wildman–Crippen MR) is 166 cm³/mol. The second kappa shape index (κ2) is 15.3. The Morgan fingerprint density at radius 3 is 2.36 bits per heavy atom. The van der Waals surface area contributed by atoms with Crippen molar-refractivity contribution in [2.45, 2.75) is 59.2 Å². The Kier molecular flexibility index (Phi) is 11.2. The van der Waals surface area contributed by atoms with E-state index in [9.17, 15) is 23.6 Å². The standard InChI is InChI=1S/C32H40FN7O5/c1-5-27(40-18-26(36-37-40)30(21(3)4)35-29(42)6-2)31(43)34-24-10-7-22(8-11-24)20-45-32(44)39-15-13-38(14-16-39)28-12-9-23(19-41)17-25(28)33/h7-12,17-19,21,27,30H,5-6,13-16,20H2,1-4H3,(H,34,43)(H,35,42). The number of carbonyl (C=O) groups excluding carboxylic acids is 4. The highest BCUT2D eigenvalue weighted by molar-refractivity contribution is 5.93. The molecule has 1 aromatic heterocycles. The van der Waals surface area contributed by atoms with Gasteiger partial charge in [0.05, 0.1) is 17.9 Å². The van der Waals surface area contributed by atoms with Crippen LogP contribution in [0.4, 0.5) is 20.6 Å². The Labute approximate surface area is 261 Å². The summed E-state index contributed by atoms with van der Waals surface area (Å²) in [5, 5.41) is 14.3. The molecule has 4 rings (SSSR count). The van der Waals surface area contributed by atoms with E-state index in [4.69, 9.17) is 4.74 Å². The molecule has 1 aliphatic heterocycles. The van der Waals surface area contributed by atoms with Gasteiger partial charge < -0.3 is 25.2 Å². The molecule has 45 heavy (non-hydrogen) atoms. The van der Waals surface area contributed by atoms with Crippen molar-refractivity contribution in [1.29, 1.82) is 0 Å². The molecule has 240 valence electrons. The first kappa shape index (κ1) is 33.1. The van der Waals surface area contributed by atoms with Crippen LogP contribution in [0, 0.1) is 11.7 Å². The molecule has 1 saturated heterocycles. The third-order valence-electron chi connectivity index (χ3n) is 7.73. The summed E-state index contributed by atoms with van der Waals surface area (Å²) >= 11 is 0. The lowest BCUT2D eigenvalue weighted by Crippen LogP contribution is -2.49. The molecule has 2 atom stereocenters. The summed E-state index contributed by atoms with van der Waals surface area (Å²) in [5.74, 6) is -0.720. The normalized spacial score (nSPS) is 14.5. The monoisotopic (exact) mass is 621 g/mol. The third kappa shape index (κ3) is 8.43. The van der Waals surface area contributed by atoms with Crippen molar-refractivity contribution in [3.63, 3.8) is 0 Å². The first-order valence-electron chi connectivity index (χ1n) is 15.2. The van der Waals surface area contributed by atoms with Crippen molar-refractivity contribution < 1.29 is 28.3 Å². The van der Waals surface area contributed by atoms with Gasteiger partial charge in [-0.2, -0.15) is 0 Å². The molecule has 2 heterocycles. The van der Waals surface area contributed by atoms with Crippen LogP contribution < -0.4 is 15.5 Å². The van der Waals surface area contributed by atoms with Crippen molar-refractivity contribution in [3.05, 3.63) is 71.3 Å². The maximum atomic E-state index is 14.4. The van der Waals surface area contributed by atoms with E-state index >= 15 is 0 Å². The predicted octanol–water partition coefficient (Wildman–Crippen LogP) is 4.50. The molecule has 12 nitrogen and oxygen atoms in total. The van der Waals surface area contributed by atoms with Crippen LogP contribution in [0.15, 0.2) is 48.7 Å². The molecule has 0 bridgehead atoms. The smallest absolute Gasteiger partial charge is 0.410 e. The van der Waals surface area contributed by atoms with Gasteiger partial charge in [-0.15, -0.1) is 5.10 Å². The third-order valence-corrected chi connectivity index (χ3v) is 7.73. The quantitative estimate of drug-likeness (QED) is 0.282. The number of anilines is 2. The van der Waals surface area contributed by atoms with Gasteiger partial charge >= 0.3 is 6.09 Å². The molecule has 0 spiro atoms. The van der Waals surface area contributed by atoms with Gasteiger partial charge in [0.2, 0.25) is 11.8 Å². The van der Waals surface area contributed by atoms with Gasteiger partial charge in [0.1, 0.15) is 30.4 Å². The number of halogens is 1. The number of nitrogens with one attached hydrogen (secondary N) is 2. The number of amides is 3. The lowest BCUT2D eigenvalue weighted by Gasteiger charge is -2.35. The van der Waals surface area contributed by atoms with Crippen LogP contribution >= 0.6 is 0 Å². The molecular formula is C32H40FN7O5.